The fraction of sp³-hybridized carbons (Fsp3) is 0.312. The highest BCUT2D eigenvalue weighted by Crippen LogP contribution is 2.16. The fourth-order valence-electron chi connectivity index (χ4n) is 2.23. The van der Waals surface area contributed by atoms with Crippen molar-refractivity contribution in [2.24, 2.45) is 0 Å². The molecule has 1 saturated heterocycles. The summed E-state index contributed by atoms with van der Waals surface area (Å²) in [6.45, 7) is 1.88. The van der Waals surface area contributed by atoms with Crippen LogP contribution >= 0.6 is 11.6 Å². The highest BCUT2D eigenvalue weighted by atomic mass is 35.5. The van der Waals surface area contributed by atoms with E-state index in [0.29, 0.717) is 31.2 Å². The molecule has 5 nitrogen and oxygen atoms in total. The number of rotatable bonds is 3. The molecule has 1 fully saturated rings. The van der Waals surface area contributed by atoms with Crippen LogP contribution in [-0.4, -0.2) is 47.8 Å². The molecule has 1 aliphatic heterocycles. The van der Waals surface area contributed by atoms with Crippen molar-refractivity contribution < 1.29 is 9.59 Å². The zero-order valence-corrected chi connectivity index (χ0v) is 12.8. The molecule has 2 amide bonds. The molecular formula is C16H16ClN3O2. The summed E-state index contributed by atoms with van der Waals surface area (Å²) in [4.78, 5) is 27.0. The molecule has 1 aromatic carbocycles. The predicted molar refractivity (Wildman–Crippen MR) is 83.9 cm³/mol. The van der Waals surface area contributed by atoms with Crippen molar-refractivity contribution in [1.82, 2.24) is 9.80 Å². The van der Waals surface area contributed by atoms with Gasteiger partial charge in [-0.2, -0.15) is 5.26 Å². The molecule has 0 N–H and O–H groups in total. The Morgan fingerprint density at radius 1 is 1.18 bits per heavy atom. The van der Waals surface area contributed by atoms with Crippen molar-refractivity contribution in [3.05, 3.63) is 40.9 Å². The summed E-state index contributed by atoms with van der Waals surface area (Å²) >= 11 is 6.03. The zero-order valence-electron chi connectivity index (χ0n) is 12.0. The van der Waals surface area contributed by atoms with Crippen LogP contribution in [0.5, 0.6) is 0 Å². The lowest BCUT2D eigenvalue weighted by Gasteiger charge is -2.33. The maximum Gasteiger partial charge on any atom is 0.246 e. The van der Waals surface area contributed by atoms with Gasteiger partial charge in [0.05, 0.1) is 6.07 Å². The Balaban J connectivity index is 1.89. The number of nitriles is 1. The van der Waals surface area contributed by atoms with Crippen molar-refractivity contribution in [3.63, 3.8) is 0 Å². The van der Waals surface area contributed by atoms with Crippen molar-refractivity contribution in [2.75, 3.05) is 26.2 Å². The first kappa shape index (κ1) is 16.1. The molecule has 0 unspecified atom stereocenters. The Hall–Kier alpha value is -2.32. The first-order valence-electron chi connectivity index (χ1n) is 6.98. The number of carbonyl (C=O) groups excluding carboxylic acids is 2. The van der Waals surface area contributed by atoms with Crippen LogP contribution in [0.25, 0.3) is 6.08 Å². The summed E-state index contributed by atoms with van der Waals surface area (Å²) in [7, 11) is 0. The Bertz CT molecular complexity index is 629. The van der Waals surface area contributed by atoms with E-state index in [9.17, 15) is 9.59 Å². The van der Waals surface area contributed by atoms with Gasteiger partial charge in [0.2, 0.25) is 11.8 Å². The zero-order chi connectivity index (χ0) is 15.9. The van der Waals surface area contributed by atoms with Gasteiger partial charge in [-0.3, -0.25) is 9.59 Å². The van der Waals surface area contributed by atoms with Gasteiger partial charge in [-0.1, -0.05) is 29.8 Å². The molecule has 114 valence electrons. The summed E-state index contributed by atoms with van der Waals surface area (Å²) < 4.78 is 0. The average molecular weight is 318 g/mol. The topological polar surface area (TPSA) is 64.4 Å². The normalized spacial score (nSPS) is 14.9. The molecule has 0 radical (unpaired) electrons. The van der Waals surface area contributed by atoms with Gasteiger partial charge in [0.25, 0.3) is 0 Å². The second-order valence-electron chi connectivity index (χ2n) is 4.90. The van der Waals surface area contributed by atoms with Crippen molar-refractivity contribution in [2.45, 2.75) is 6.42 Å². The van der Waals surface area contributed by atoms with Crippen molar-refractivity contribution in [3.8, 4) is 6.07 Å². The first-order chi connectivity index (χ1) is 10.6. The van der Waals surface area contributed by atoms with Gasteiger partial charge < -0.3 is 9.80 Å². The van der Waals surface area contributed by atoms with Crippen LogP contribution in [-0.2, 0) is 9.59 Å². The number of piperazine rings is 1. The van der Waals surface area contributed by atoms with Gasteiger partial charge in [0.15, 0.2) is 0 Å². The molecule has 0 bridgehead atoms. The minimum atomic E-state index is -0.179. The van der Waals surface area contributed by atoms with E-state index in [2.05, 4.69) is 0 Å². The molecule has 0 saturated carbocycles. The van der Waals surface area contributed by atoms with Gasteiger partial charge >= 0.3 is 0 Å². The van der Waals surface area contributed by atoms with Crippen LogP contribution in [0.2, 0.25) is 5.02 Å². The molecule has 6 heteroatoms. The number of hydrogen-bond donors (Lipinski definition) is 0. The third-order valence-electron chi connectivity index (χ3n) is 3.49. The standard InChI is InChI=1S/C16H16ClN3O2/c17-14-4-2-1-3-13(14)5-6-15(21)19-9-11-20(12-10-19)16(22)7-8-18/h1-6H,7,9-12H2/b6-5+. The Labute approximate surface area is 134 Å². The minimum Gasteiger partial charge on any atom is -0.338 e. The summed E-state index contributed by atoms with van der Waals surface area (Å²) in [6, 6.07) is 9.14. The van der Waals surface area contributed by atoms with Crippen LogP contribution in [0.1, 0.15) is 12.0 Å². The first-order valence-corrected chi connectivity index (χ1v) is 7.36. The van der Waals surface area contributed by atoms with E-state index < -0.39 is 0 Å². The van der Waals surface area contributed by atoms with E-state index in [1.165, 1.54) is 6.08 Å². The monoisotopic (exact) mass is 317 g/mol. The van der Waals surface area contributed by atoms with Gasteiger partial charge in [0, 0.05) is 37.3 Å². The summed E-state index contributed by atoms with van der Waals surface area (Å²) in [5.74, 6) is -0.284. The smallest absolute Gasteiger partial charge is 0.246 e. The molecule has 1 aliphatic rings. The number of benzene rings is 1. The Morgan fingerprint density at radius 3 is 2.45 bits per heavy atom. The molecule has 1 aromatic rings. The van der Waals surface area contributed by atoms with Crippen LogP contribution in [0.3, 0.4) is 0 Å². The third kappa shape index (κ3) is 4.09. The van der Waals surface area contributed by atoms with E-state index >= 15 is 0 Å². The summed E-state index contributed by atoms with van der Waals surface area (Å²) in [6.07, 6.45) is 3.08. The van der Waals surface area contributed by atoms with Gasteiger partial charge in [-0.25, -0.2) is 0 Å². The minimum absolute atomic E-state index is 0.104. The highest BCUT2D eigenvalue weighted by molar-refractivity contribution is 6.32. The van der Waals surface area contributed by atoms with E-state index in [0.717, 1.165) is 5.56 Å². The van der Waals surface area contributed by atoms with E-state index in [-0.39, 0.29) is 18.2 Å². The fourth-order valence-corrected chi connectivity index (χ4v) is 2.43. The summed E-state index contributed by atoms with van der Waals surface area (Å²) in [5.41, 5.74) is 0.792. The quantitative estimate of drug-likeness (QED) is 0.800. The molecular weight excluding hydrogens is 302 g/mol. The third-order valence-corrected chi connectivity index (χ3v) is 3.83. The van der Waals surface area contributed by atoms with Crippen LogP contribution in [0.4, 0.5) is 0 Å². The highest BCUT2D eigenvalue weighted by Gasteiger charge is 2.22. The lowest BCUT2D eigenvalue weighted by molar-refractivity contribution is -0.136. The summed E-state index contributed by atoms with van der Waals surface area (Å²) in [5, 5.41) is 9.12. The largest absolute Gasteiger partial charge is 0.338 e. The van der Waals surface area contributed by atoms with Gasteiger partial charge in [0.1, 0.15) is 6.42 Å². The molecule has 1 heterocycles. The van der Waals surface area contributed by atoms with Crippen LogP contribution in [0, 0.1) is 11.3 Å². The second kappa shape index (κ2) is 7.62. The van der Waals surface area contributed by atoms with Gasteiger partial charge in [-0.05, 0) is 17.7 Å². The molecule has 0 spiro atoms. The second-order valence-corrected chi connectivity index (χ2v) is 5.30. The maximum atomic E-state index is 12.1. The van der Waals surface area contributed by atoms with E-state index in [1.807, 2.05) is 24.3 Å². The SMILES string of the molecule is N#CCC(=O)N1CCN(C(=O)/C=C/c2ccccc2Cl)CC1. The lowest BCUT2D eigenvalue weighted by Crippen LogP contribution is -2.50. The molecule has 2 rings (SSSR count). The Morgan fingerprint density at radius 2 is 1.82 bits per heavy atom. The lowest BCUT2D eigenvalue weighted by atomic mass is 10.2. The Kier molecular flexibility index (Phi) is 5.56. The number of halogens is 1. The number of amides is 2. The van der Waals surface area contributed by atoms with Crippen molar-refractivity contribution >= 4 is 29.5 Å². The molecule has 0 atom stereocenters. The van der Waals surface area contributed by atoms with Crippen molar-refractivity contribution in [1.29, 1.82) is 5.26 Å². The van der Waals surface area contributed by atoms with E-state index in [4.69, 9.17) is 16.9 Å². The van der Waals surface area contributed by atoms with Crippen LogP contribution < -0.4 is 0 Å². The molecule has 22 heavy (non-hydrogen) atoms. The predicted octanol–water partition coefficient (Wildman–Crippen LogP) is 1.94. The molecule has 0 aliphatic carbocycles. The maximum absolute atomic E-state index is 12.1. The number of nitrogens with zero attached hydrogens (tertiary/aromatic N) is 3. The van der Waals surface area contributed by atoms with E-state index in [1.54, 1.807) is 21.9 Å². The number of hydrogen-bond acceptors (Lipinski definition) is 3. The van der Waals surface area contributed by atoms with Gasteiger partial charge in [-0.15, -0.1) is 0 Å². The van der Waals surface area contributed by atoms with Crippen LogP contribution in [0.15, 0.2) is 30.3 Å². The average Bonchev–Trinajstić information content (AvgIpc) is 2.54. The number of carbonyl (C=O) groups is 2. The molecule has 0 aromatic heterocycles.